The maximum absolute atomic E-state index is 12.1. The number of ether oxygens (including phenoxy) is 1. The maximum Gasteiger partial charge on any atom is 0.225 e. The van der Waals surface area contributed by atoms with Crippen molar-refractivity contribution in [3.05, 3.63) is 29.8 Å². The van der Waals surface area contributed by atoms with Crippen molar-refractivity contribution in [2.24, 2.45) is 5.92 Å². The SMILES string of the molecule is COc1ccc(C2CN(C(=O)C(C)C)CCS2)cc1. The smallest absolute Gasteiger partial charge is 0.225 e. The number of hydrogen-bond donors (Lipinski definition) is 0. The molecule has 0 aromatic heterocycles. The van der Waals surface area contributed by atoms with Crippen LogP contribution in [0.4, 0.5) is 0 Å². The van der Waals surface area contributed by atoms with Crippen LogP contribution < -0.4 is 4.74 Å². The Hall–Kier alpha value is -1.16. The first kappa shape index (κ1) is 14.3. The van der Waals surface area contributed by atoms with Crippen LogP contribution in [-0.2, 0) is 4.79 Å². The summed E-state index contributed by atoms with van der Waals surface area (Å²) in [6, 6.07) is 8.16. The normalized spacial score (nSPS) is 19.6. The second kappa shape index (κ2) is 6.33. The lowest BCUT2D eigenvalue weighted by Gasteiger charge is -2.33. The van der Waals surface area contributed by atoms with Gasteiger partial charge < -0.3 is 9.64 Å². The van der Waals surface area contributed by atoms with E-state index in [-0.39, 0.29) is 11.8 Å². The number of amides is 1. The van der Waals surface area contributed by atoms with Crippen molar-refractivity contribution >= 4 is 17.7 Å². The van der Waals surface area contributed by atoms with E-state index in [2.05, 4.69) is 12.1 Å². The maximum atomic E-state index is 12.1. The summed E-state index contributed by atoms with van der Waals surface area (Å²) in [5.41, 5.74) is 1.27. The Morgan fingerprint density at radius 3 is 2.63 bits per heavy atom. The summed E-state index contributed by atoms with van der Waals surface area (Å²) in [5, 5.41) is 0.377. The van der Waals surface area contributed by atoms with Gasteiger partial charge in [0.15, 0.2) is 0 Å². The first-order chi connectivity index (χ1) is 9.11. The zero-order valence-electron chi connectivity index (χ0n) is 11.8. The Labute approximate surface area is 119 Å². The van der Waals surface area contributed by atoms with Crippen molar-refractivity contribution in [1.82, 2.24) is 4.90 Å². The molecule has 0 bridgehead atoms. The quantitative estimate of drug-likeness (QED) is 0.852. The third kappa shape index (κ3) is 3.44. The zero-order chi connectivity index (χ0) is 13.8. The van der Waals surface area contributed by atoms with Crippen molar-refractivity contribution < 1.29 is 9.53 Å². The van der Waals surface area contributed by atoms with Gasteiger partial charge in [0.1, 0.15) is 5.75 Å². The van der Waals surface area contributed by atoms with E-state index in [1.54, 1.807) is 7.11 Å². The van der Waals surface area contributed by atoms with E-state index in [4.69, 9.17) is 4.74 Å². The Morgan fingerprint density at radius 2 is 2.05 bits per heavy atom. The van der Waals surface area contributed by atoms with Gasteiger partial charge in [0.2, 0.25) is 5.91 Å². The minimum atomic E-state index is 0.0830. The molecule has 1 amide bonds. The average Bonchev–Trinajstić information content (AvgIpc) is 2.46. The highest BCUT2D eigenvalue weighted by Crippen LogP contribution is 2.34. The summed E-state index contributed by atoms with van der Waals surface area (Å²) in [5.74, 6) is 2.23. The molecule has 3 nitrogen and oxygen atoms in total. The molecular formula is C15H21NO2S. The van der Waals surface area contributed by atoms with Gasteiger partial charge in [0, 0.05) is 30.0 Å². The molecule has 1 aliphatic rings. The Balaban J connectivity index is 2.05. The molecule has 1 unspecified atom stereocenters. The molecule has 0 radical (unpaired) electrons. The van der Waals surface area contributed by atoms with Crippen LogP contribution in [-0.4, -0.2) is 36.8 Å². The van der Waals surface area contributed by atoms with E-state index in [1.807, 2.05) is 42.6 Å². The van der Waals surface area contributed by atoms with Crippen molar-refractivity contribution in [2.45, 2.75) is 19.1 Å². The molecule has 1 aliphatic heterocycles. The number of hydrogen-bond acceptors (Lipinski definition) is 3. The van der Waals surface area contributed by atoms with E-state index in [9.17, 15) is 4.79 Å². The second-order valence-electron chi connectivity index (χ2n) is 5.07. The van der Waals surface area contributed by atoms with Crippen LogP contribution >= 0.6 is 11.8 Å². The van der Waals surface area contributed by atoms with Crippen molar-refractivity contribution in [1.29, 1.82) is 0 Å². The van der Waals surface area contributed by atoms with Gasteiger partial charge in [-0.25, -0.2) is 0 Å². The van der Waals surface area contributed by atoms with Gasteiger partial charge in [-0.2, -0.15) is 11.8 Å². The standard InChI is InChI=1S/C15H21NO2S/c1-11(2)15(17)16-8-9-19-14(10-16)12-4-6-13(18-3)7-5-12/h4-7,11,14H,8-10H2,1-3H3. The molecule has 1 heterocycles. The van der Waals surface area contributed by atoms with E-state index in [1.165, 1.54) is 5.56 Å². The van der Waals surface area contributed by atoms with Gasteiger partial charge in [-0.05, 0) is 17.7 Å². The molecule has 4 heteroatoms. The minimum absolute atomic E-state index is 0.0830. The molecular weight excluding hydrogens is 258 g/mol. The predicted molar refractivity (Wildman–Crippen MR) is 79.6 cm³/mol. The molecule has 1 fully saturated rings. The monoisotopic (exact) mass is 279 g/mol. The molecule has 0 aliphatic carbocycles. The van der Waals surface area contributed by atoms with Gasteiger partial charge >= 0.3 is 0 Å². The topological polar surface area (TPSA) is 29.5 Å². The zero-order valence-corrected chi connectivity index (χ0v) is 12.6. The largest absolute Gasteiger partial charge is 0.497 e. The second-order valence-corrected chi connectivity index (χ2v) is 6.38. The molecule has 1 atom stereocenters. The van der Waals surface area contributed by atoms with Crippen LogP contribution in [0.2, 0.25) is 0 Å². The molecule has 1 aromatic rings. The Morgan fingerprint density at radius 1 is 1.37 bits per heavy atom. The molecule has 1 saturated heterocycles. The molecule has 104 valence electrons. The number of methoxy groups -OCH3 is 1. The molecule has 0 saturated carbocycles. The van der Waals surface area contributed by atoms with Gasteiger partial charge in [0.25, 0.3) is 0 Å². The number of nitrogens with zero attached hydrogens (tertiary/aromatic N) is 1. The van der Waals surface area contributed by atoms with Gasteiger partial charge in [-0.3, -0.25) is 4.79 Å². The van der Waals surface area contributed by atoms with E-state index >= 15 is 0 Å². The number of rotatable bonds is 3. The highest BCUT2D eigenvalue weighted by Gasteiger charge is 2.26. The van der Waals surface area contributed by atoms with E-state index in [0.717, 1.165) is 24.6 Å². The first-order valence-electron chi connectivity index (χ1n) is 6.66. The van der Waals surface area contributed by atoms with Crippen molar-refractivity contribution in [3.63, 3.8) is 0 Å². The predicted octanol–water partition coefficient (Wildman–Crippen LogP) is 2.97. The minimum Gasteiger partial charge on any atom is -0.497 e. The number of benzene rings is 1. The van der Waals surface area contributed by atoms with E-state index in [0.29, 0.717) is 5.25 Å². The fraction of sp³-hybridized carbons (Fsp3) is 0.533. The van der Waals surface area contributed by atoms with E-state index < -0.39 is 0 Å². The molecule has 19 heavy (non-hydrogen) atoms. The lowest BCUT2D eigenvalue weighted by molar-refractivity contribution is -0.134. The summed E-state index contributed by atoms with van der Waals surface area (Å²) in [6.45, 7) is 5.61. The fourth-order valence-corrected chi connectivity index (χ4v) is 3.48. The van der Waals surface area contributed by atoms with Crippen LogP contribution in [0.25, 0.3) is 0 Å². The van der Waals surface area contributed by atoms with Crippen molar-refractivity contribution in [2.75, 3.05) is 26.0 Å². The molecule has 0 N–H and O–H groups in total. The molecule has 0 spiro atoms. The third-order valence-electron chi connectivity index (χ3n) is 3.36. The van der Waals surface area contributed by atoms with Gasteiger partial charge in [-0.15, -0.1) is 0 Å². The summed E-state index contributed by atoms with van der Waals surface area (Å²) >= 11 is 1.93. The average molecular weight is 279 g/mol. The molecule has 1 aromatic carbocycles. The van der Waals surface area contributed by atoms with Crippen LogP contribution in [0.3, 0.4) is 0 Å². The number of carbonyl (C=O) groups excluding carboxylic acids is 1. The summed E-state index contributed by atoms with van der Waals surface area (Å²) < 4.78 is 5.18. The number of thioether (sulfide) groups is 1. The summed E-state index contributed by atoms with van der Waals surface area (Å²) in [6.07, 6.45) is 0. The molecule has 2 rings (SSSR count). The van der Waals surface area contributed by atoms with Crippen LogP contribution in [0, 0.1) is 5.92 Å². The number of carbonyl (C=O) groups is 1. The highest BCUT2D eigenvalue weighted by atomic mass is 32.2. The fourth-order valence-electron chi connectivity index (χ4n) is 2.23. The first-order valence-corrected chi connectivity index (χ1v) is 7.71. The van der Waals surface area contributed by atoms with Crippen molar-refractivity contribution in [3.8, 4) is 5.75 Å². The summed E-state index contributed by atoms with van der Waals surface area (Å²) in [4.78, 5) is 14.1. The van der Waals surface area contributed by atoms with Gasteiger partial charge in [-0.1, -0.05) is 26.0 Å². The summed E-state index contributed by atoms with van der Waals surface area (Å²) in [7, 11) is 1.67. The third-order valence-corrected chi connectivity index (χ3v) is 4.60. The lowest BCUT2D eigenvalue weighted by Crippen LogP contribution is -2.41. The highest BCUT2D eigenvalue weighted by molar-refractivity contribution is 7.99. The van der Waals surface area contributed by atoms with Crippen LogP contribution in [0.15, 0.2) is 24.3 Å². The Bertz CT molecular complexity index is 430. The van der Waals surface area contributed by atoms with Gasteiger partial charge in [0.05, 0.1) is 7.11 Å². The van der Waals surface area contributed by atoms with Crippen LogP contribution in [0.1, 0.15) is 24.7 Å². The lowest BCUT2D eigenvalue weighted by atomic mass is 10.1. The Kier molecular flexibility index (Phi) is 4.75. The van der Waals surface area contributed by atoms with Crippen LogP contribution in [0.5, 0.6) is 5.75 Å².